The fourth-order valence-electron chi connectivity index (χ4n) is 6.32. The molecular weight excluding hydrogens is 608 g/mol. The Kier molecular flexibility index (Phi) is 11.2. The van der Waals surface area contributed by atoms with Gasteiger partial charge in [-0.05, 0) is 73.7 Å². The monoisotopic (exact) mass is 652 g/mol. The molecule has 2 heterocycles. The molecule has 0 amide bonds. The average Bonchev–Trinajstić information content (AvgIpc) is 3.06. The maximum absolute atomic E-state index is 14.1. The zero-order valence-corrected chi connectivity index (χ0v) is 27.6. The highest BCUT2D eigenvalue weighted by Crippen LogP contribution is 2.39. The van der Waals surface area contributed by atoms with E-state index in [2.05, 4.69) is 11.0 Å². The van der Waals surface area contributed by atoms with E-state index in [1.54, 1.807) is 38.5 Å². The van der Waals surface area contributed by atoms with Crippen molar-refractivity contribution in [2.24, 2.45) is 0 Å². The molecule has 11 heteroatoms. The number of sulfonamides is 1. The number of hydrogen-bond donors (Lipinski definition) is 1. The number of carboxylic acid groups (broad SMARTS) is 1. The van der Waals surface area contributed by atoms with Crippen LogP contribution in [-0.2, 0) is 30.9 Å². The maximum atomic E-state index is 14.1. The molecule has 2 aliphatic heterocycles. The van der Waals surface area contributed by atoms with Crippen molar-refractivity contribution in [3.05, 3.63) is 83.4 Å². The van der Waals surface area contributed by atoms with E-state index < -0.39 is 28.1 Å². The smallest absolute Gasteiger partial charge is 0.303 e. The molecule has 1 N–H and O–H groups in total. The summed E-state index contributed by atoms with van der Waals surface area (Å²) in [5.74, 6) is 0.424. The lowest BCUT2D eigenvalue weighted by atomic mass is 9.83. The molecule has 0 unspecified atom stereocenters. The van der Waals surface area contributed by atoms with Crippen LogP contribution in [0.5, 0.6) is 11.5 Å². The van der Waals surface area contributed by atoms with Gasteiger partial charge in [-0.1, -0.05) is 35.9 Å². The third-order valence-electron chi connectivity index (χ3n) is 8.83. The summed E-state index contributed by atoms with van der Waals surface area (Å²) in [5.41, 5.74) is 3.90. The van der Waals surface area contributed by atoms with Crippen LogP contribution < -0.4 is 14.4 Å². The van der Waals surface area contributed by atoms with Crippen LogP contribution in [0.15, 0.2) is 71.6 Å². The molecule has 0 aliphatic carbocycles. The summed E-state index contributed by atoms with van der Waals surface area (Å²) in [4.78, 5) is 14.1. The van der Waals surface area contributed by atoms with Crippen molar-refractivity contribution in [2.45, 2.75) is 62.2 Å². The Balaban J connectivity index is 1.44. The van der Waals surface area contributed by atoms with Crippen molar-refractivity contribution in [1.29, 1.82) is 0 Å². The van der Waals surface area contributed by atoms with E-state index in [0.717, 1.165) is 53.4 Å². The molecule has 0 bridgehead atoms. The van der Waals surface area contributed by atoms with Crippen LogP contribution in [0, 0.1) is 6.92 Å². The Labute approximate surface area is 271 Å². The summed E-state index contributed by atoms with van der Waals surface area (Å²) in [6.07, 6.45) is 0.893. The first-order valence-corrected chi connectivity index (χ1v) is 17.2. The Bertz CT molecular complexity index is 1560. The van der Waals surface area contributed by atoms with Crippen molar-refractivity contribution in [1.82, 2.24) is 4.31 Å². The normalized spacial score (nSPS) is 20.2. The zero-order chi connectivity index (χ0) is 32.7. The van der Waals surface area contributed by atoms with Crippen LogP contribution >= 0.6 is 0 Å². The summed E-state index contributed by atoms with van der Waals surface area (Å²) < 4.78 is 52.8. The van der Waals surface area contributed by atoms with Crippen molar-refractivity contribution in [3.63, 3.8) is 0 Å². The first kappa shape index (κ1) is 33.7. The molecule has 10 nitrogen and oxygen atoms in total. The molecule has 1 saturated heterocycles. The van der Waals surface area contributed by atoms with Crippen LogP contribution in [-0.4, -0.2) is 83.0 Å². The lowest BCUT2D eigenvalue weighted by molar-refractivity contribution is -0.137. The quantitative estimate of drug-likeness (QED) is 0.234. The standard InChI is InChI=1S/C35H44N2O8S/c1-25-5-13-30(14-6-25)46(40,41)37-23-34(31(22-28(37)10-16-35(38)39)27-8-11-29(43-3)12-9-27)45-24-26-7-15-33-32(21-26)36(18-20-44-33)17-4-19-42-2/h5-9,11-15,21,28,31,34H,4,10,16-20,22-24H2,1-3H3,(H,38,39)/t28-,31+,34-/m0/s1. The molecule has 0 spiro atoms. The van der Waals surface area contributed by atoms with E-state index in [1.165, 1.54) is 4.31 Å². The van der Waals surface area contributed by atoms with Gasteiger partial charge < -0.3 is 29.0 Å². The molecule has 3 aromatic carbocycles. The van der Waals surface area contributed by atoms with Gasteiger partial charge in [-0.15, -0.1) is 0 Å². The van der Waals surface area contributed by atoms with E-state index in [4.69, 9.17) is 18.9 Å². The molecule has 0 aromatic heterocycles. The molecule has 0 saturated carbocycles. The Morgan fingerprint density at radius 1 is 1.04 bits per heavy atom. The van der Waals surface area contributed by atoms with Gasteiger partial charge in [0, 0.05) is 45.2 Å². The number of nitrogens with zero attached hydrogens (tertiary/aromatic N) is 2. The summed E-state index contributed by atoms with van der Waals surface area (Å²) in [7, 11) is -0.618. The highest BCUT2D eigenvalue weighted by Gasteiger charge is 2.43. The van der Waals surface area contributed by atoms with Gasteiger partial charge in [-0.25, -0.2) is 8.42 Å². The number of benzene rings is 3. The second-order valence-corrected chi connectivity index (χ2v) is 13.8. The molecular formula is C35H44N2O8S. The predicted molar refractivity (Wildman–Crippen MR) is 175 cm³/mol. The minimum Gasteiger partial charge on any atom is -0.497 e. The average molecular weight is 653 g/mol. The third-order valence-corrected chi connectivity index (χ3v) is 10.8. The van der Waals surface area contributed by atoms with Crippen LogP contribution in [0.25, 0.3) is 0 Å². The molecule has 5 rings (SSSR count). The fourth-order valence-corrected chi connectivity index (χ4v) is 8.00. The number of fused-ring (bicyclic) bond motifs is 1. The first-order valence-electron chi connectivity index (χ1n) is 15.7. The number of aliphatic carboxylic acids is 1. The fraction of sp³-hybridized carbons (Fsp3) is 0.457. The molecule has 2 aliphatic rings. The Morgan fingerprint density at radius 3 is 2.50 bits per heavy atom. The zero-order valence-electron chi connectivity index (χ0n) is 26.8. The molecule has 0 radical (unpaired) electrons. The highest BCUT2D eigenvalue weighted by molar-refractivity contribution is 7.89. The number of ether oxygens (including phenoxy) is 4. The lowest BCUT2D eigenvalue weighted by Gasteiger charge is -2.43. The van der Waals surface area contributed by atoms with Gasteiger partial charge >= 0.3 is 5.97 Å². The van der Waals surface area contributed by atoms with E-state index >= 15 is 0 Å². The largest absolute Gasteiger partial charge is 0.497 e. The van der Waals surface area contributed by atoms with Gasteiger partial charge in [-0.3, -0.25) is 4.79 Å². The van der Waals surface area contributed by atoms with Gasteiger partial charge in [-0.2, -0.15) is 4.31 Å². The number of anilines is 1. The summed E-state index contributed by atoms with van der Waals surface area (Å²) in [6, 6.07) is 20.0. The highest BCUT2D eigenvalue weighted by atomic mass is 32.2. The summed E-state index contributed by atoms with van der Waals surface area (Å²) in [5, 5.41) is 9.52. The van der Waals surface area contributed by atoms with E-state index in [-0.39, 0.29) is 36.8 Å². The van der Waals surface area contributed by atoms with Gasteiger partial charge in [0.05, 0.1) is 36.9 Å². The number of carbonyl (C=O) groups is 1. The van der Waals surface area contributed by atoms with Gasteiger partial charge in [0.25, 0.3) is 0 Å². The van der Waals surface area contributed by atoms with Crippen molar-refractivity contribution < 1.29 is 37.3 Å². The number of piperidine rings is 1. The van der Waals surface area contributed by atoms with Crippen molar-refractivity contribution in [3.8, 4) is 11.5 Å². The molecule has 46 heavy (non-hydrogen) atoms. The van der Waals surface area contributed by atoms with Crippen LogP contribution in [0.1, 0.15) is 48.3 Å². The molecule has 248 valence electrons. The van der Waals surface area contributed by atoms with Crippen LogP contribution in [0.3, 0.4) is 0 Å². The van der Waals surface area contributed by atoms with Crippen molar-refractivity contribution >= 4 is 21.7 Å². The van der Waals surface area contributed by atoms with Crippen LogP contribution in [0.4, 0.5) is 5.69 Å². The maximum Gasteiger partial charge on any atom is 0.303 e. The summed E-state index contributed by atoms with van der Waals surface area (Å²) in [6.45, 7) is 5.20. The van der Waals surface area contributed by atoms with E-state index in [9.17, 15) is 18.3 Å². The first-order chi connectivity index (χ1) is 22.2. The van der Waals surface area contributed by atoms with Crippen molar-refractivity contribution in [2.75, 3.05) is 52.0 Å². The van der Waals surface area contributed by atoms with Gasteiger partial charge in [0.1, 0.15) is 18.1 Å². The Hall–Kier alpha value is -3.64. The topological polar surface area (TPSA) is 115 Å². The number of aryl methyl sites for hydroxylation is 1. The predicted octanol–water partition coefficient (Wildman–Crippen LogP) is 5.24. The van der Waals surface area contributed by atoms with E-state index in [0.29, 0.717) is 19.6 Å². The van der Waals surface area contributed by atoms with E-state index in [1.807, 2.05) is 43.3 Å². The molecule has 1 fully saturated rings. The number of carboxylic acids is 1. The molecule has 3 atom stereocenters. The number of methoxy groups -OCH3 is 2. The number of hydrogen-bond acceptors (Lipinski definition) is 8. The second-order valence-electron chi connectivity index (χ2n) is 11.9. The van der Waals surface area contributed by atoms with Gasteiger partial charge in [0.2, 0.25) is 10.0 Å². The van der Waals surface area contributed by atoms with Crippen LogP contribution in [0.2, 0.25) is 0 Å². The van der Waals surface area contributed by atoms with Gasteiger partial charge in [0.15, 0.2) is 0 Å². The SMILES string of the molecule is COCCCN1CCOc2ccc(CO[C@H]3CN(S(=O)(=O)c4ccc(C)cc4)[C@@H](CCC(=O)O)C[C@@H]3c3ccc(OC)cc3)cc21. The minimum atomic E-state index is -3.93. The third kappa shape index (κ3) is 8.01. The number of rotatable bonds is 14. The minimum absolute atomic E-state index is 0.0917. The summed E-state index contributed by atoms with van der Waals surface area (Å²) >= 11 is 0. The molecule has 3 aromatic rings. The second kappa shape index (κ2) is 15.3. The Morgan fingerprint density at radius 2 is 1.80 bits per heavy atom. The lowest BCUT2D eigenvalue weighted by Crippen LogP contribution is -2.52.